The molecule has 0 radical (unpaired) electrons. The van der Waals surface area contributed by atoms with E-state index in [1.54, 1.807) is 11.3 Å². The number of aromatic nitrogens is 2. The first-order chi connectivity index (χ1) is 12.3. The van der Waals surface area contributed by atoms with Gasteiger partial charge in [-0.25, -0.2) is 0 Å². The Morgan fingerprint density at radius 2 is 2.08 bits per heavy atom. The third kappa shape index (κ3) is 3.81. The van der Waals surface area contributed by atoms with Crippen LogP contribution in [0.25, 0.3) is 0 Å². The highest BCUT2D eigenvalue weighted by Crippen LogP contribution is 2.27. The van der Waals surface area contributed by atoms with Crippen LogP contribution in [0.3, 0.4) is 0 Å². The summed E-state index contributed by atoms with van der Waals surface area (Å²) in [6.45, 7) is 2.68. The van der Waals surface area contributed by atoms with Gasteiger partial charge in [0, 0.05) is 25.2 Å². The zero-order chi connectivity index (χ0) is 17.1. The number of benzene rings is 1. The number of rotatable bonds is 6. The van der Waals surface area contributed by atoms with Gasteiger partial charge >= 0.3 is 0 Å². The van der Waals surface area contributed by atoms with Crippen LogP contribution < -0.4 is 5.32 Å². The van der Waals surface area contributed by atoms with Gasteiger partial charge in [0.05, 0.1) is 12.1 Å². The topological polar surface area (TPSA) is 61.0 Å². The molecule has 0 atom stereocenters. The third-order valence-electron chi connectivity index (χ3n) is 4.48. The Morgan fingerprint density at radius 1 is 1.20 bits per heavy atom. The minimum atomic E-state index is -0.0181. The van der Waals surface area contributed by atoms with Gasteiger partial charge in [0.1, 0.15) is 0 Å². The minimum absolute atomic E-state index is 0.0181. The molecular weight excluding hydrogens is 332 g/mol. The largest absolute Gasteiger partial charge is 0.309 e. The Balaban J connectivity index is 1.34. The average molecular weight is 352 g/mol. The first-order valence-electron chi connectivity index (χ1n) is 8.41. The van der Waals surface area contributed by atoms with Crippen LogP contribution in [-0.4, -0.2) is 27.5 Å². The maximum absolute atomic E-state index is 12.2. The van der Waals surface area contributed by atoms with Gasteiger partial charge < -0.3 is 5.32 Å². The number of carbonyl (C=O) groups is 1. The van der Waals surface area contributed by atoms with Gasteiger partial charge in [0.25, 0.3) is 0 Å². The van der Waals surface area contributed by atoms with Gasteiger partial charge in [-0.1, -0.05) is 30.3 Å². The number of aromatic amines is 1. The van der Waals surface area contributed by atoms with E-state index in [2.05, 4.69) is 44.7 Å². The van der Waals surface area contributed by atoms with Gasteiger partial charge in [0.15, 0.2) is 5.82 Å². The molecule has 5 nitrogen and oxygen atoms in total. The Hall–Kier alpha value is -2.44. The molecule has 128 valence electrons. The molecule has 0 unspecified atom stereocenters. The van der Waals surface area contributed by atoms with Crippen molar-refractivity contribution in [2.45, 2.75) is 25.9 Å². The van der Waals surface area contributed by atoms with Crippen molar-refractivity contribution >= 4 is 23.1 Å². The van der Waals surface area contributed by atoms with E-state index in [0.717, 1.165) is 42.9 Å². The summed E-state index contributed by atoms with van der Waals surface area (Å²) in [5.41, 5.74) is 4.62. The minimum Gasteiger partial charge on any atom is -0.309 e. The fourth-order valence-corrected chi connectivity index (χ4v) is 3.82. The first-order valence-corrected chi connectivity index (χ1v) is 9.35. The lowest BCUT2D eigenvalue weighted by Gasteiger charge is -2.15. The normalized spacial score (nSPS) is 13.8. The second-order valence-corrected chi connectivity index (χ2v) is 7.11. The predicted molar refractivity (Wildman–Crippen MR) is 99.5 cm³/mol. The highest BCUT2D eigenvalue weighted by Gasteiger charge is 2.25. The van der Waals surface area contributed by atoms with Gasteiger partial charge in [-0.15, -0.1) is 0 Å². The molecule has 1 aromatic carbocycles. The van der Waals surface area contributed by atoms with Crippen molar-refractivity contribution in [3.63, 3.8) is 0 Å². The highest BCUT2D eigenvalue weighted by atomic mass is 32.1. The first kappa shape index (κ1) is 16.1. The monoisotopic (exact) mass is 352 g/mol. The summed E-state index contributed by atoms with van der Waals surface area (Å²) >= 11 is 1.61. The molecule has 3 aromatic rings. The van der Waals surface area contributed by atoms with Crippen LogP contribution in [0, 0.1) is 0 Å². The Morgan fingerprint density at radius 3 is 2.88 bits per heavy atom. The number of fused-ring (bicyclic) bond motifs is 1. The molecule has 1 aliphatic heterocycles. The van der Waals surface area contributed by atoms with Crippen LogP contribution in [0.5, 0.6) is 0 Å². The molecule has 4 rings (SSSR count). The second-order valence-electron chi connectivity index (χ2n) is 6.33. The van der Waals surface area contributed by atoms with E-state index >= 15 is 0 Å². The van der Waals surface area contributed by atoms with E-state index in [9.17, 15) is 4.79 Å². The number of thiophene rings is 1. The van der Waals surface area contributed by atoms with E-state index < -0.39 is 0 Å². The lowest BCUT2D eigenvalue weighted by molar-refractivity contribution is -0.115. The molecule has 0 fully saturated rings. The SMILES string of the molecule is O=C(Cc1ccsc1)Nc1n[nH]c2c1CN(CCc1ccccc1)C2. The summed E-state index contributed by atoms with van der Waals surface area (Å²) in [6, 6.07) is 12.5. The maximum Gasteiger partial charge on any atom is 0.230 e. The van der Waals surface area contributed by atoms with E-state index in [1.807, 2.05) is 22.9 Å². The van der Waals surface area contributed by atoms with Crippen molar-refractivity contribution in [2.24, 2.45) is 0 Å². The van der Waals surface area contributed by atoms with Crippen LogP contribution in [0.2, 0.25) is 0 Å². The number of nitrogens with one attached hydrogen (secondary N) is 2. The molecule has 0 bridgehead atoms. The molecule has 0 saturated carbocycles. The molecule has 1 amide bonds. The Bertz CT molecular complexity index is 842. The summed E-state index contributed by atoms with van der Waals surface area (Å²) in [4.78, 5) is 14.6. The zero-order valence-corrected chi connectivity index (χ0v) is 14.7. The molecule has 0 saturated heterocycles. The predicted octanol–water partition coefficient (Wildman–Crippen LogP) is 3.21. The fraction of sp³-hybridized carbons (Fsp3) is 0.263. The smallest absolute Gasteiger partial charge is 0.230 e. The van der Waals surface area contributed by atoms with Crippen LogP contribution in [-0.2, 0) is 30.7 Å². The van der Waals surface area contributed by atoms with E-state index in [-0.39, 0.29) is 5.91 Å². The van der Waals surface area contributed by atoms with Crippen molar-refractivity contribution in [3.8, 4) is 0 Å². The Kier molecular flexibility index (Phi) is 4.63. The number of H-pyrrole nitrogens is 1. The number of nitrogens with zero attached hydrogens (tertiary/aromatic N) is 2. The summed E-state index contributed by atoms with van der Waals surface area (Å²) in [5.74, 6) is 0.660. The summed E-state index contributed by atoms with van der Waals surface area (Å²) < 4.78 is 0. The fourth-order valence-electron chi connectivity index (χ4n) is 3.15. The lowest BCUT2D eigenvalue weighted by atomic mass is 10.1. The van der Waals surface area contributed by atoms with Crippen molar-refractivity contribution in [3.05, 3.63) is 69.5 Å². The van der Waals surface area contributed by atoms with Crippen LogP contribution in [0.1, 0.15) is 22.4 Å². The number of hydrogen-bond acceptors (Lipinski definition) is 4. The van der Waals surface area contributed by atoms with Gasteiger partial charge in [-0.05, 0) is 34.4 Å². The van der Waals surface area contributed by atoms with Gasteiger partial charge in [0.2, 0.25) is 5.91 Å². The summed E-state index contributed by atoms with van der Waals surface area (Å²) in [7, 11) is 0. The lowest BCUT2D eigenvalue weighted by Crippen LogP contribution is -2.21. The molecular formula is C19H20N4OS. The molecule has 3 heterocycles. The molecule has 0 aliphatic carbocycles. The average Bonchev–Trinajstić information content (AvgIpc) is 3.33. The van der Waals surface area contributed by atoms with Gasteiger partial charge in [-0.2, -0.15) is 16.4 Å². The van der Waals surface area contributed by atoms with Crippen LogP contribution in [0.15, 0.2) is 47.2 Å². The summed E-state index contributed by atoms with van der Waals surface area (Å²) in [6.07, 6.45) is 1.42. The van der Waals surface area contributed by atoms with Crippen molar-refractivity contribution < 1.29 is 4.79 Å². The quantitative estimate of drug-likeness (QED) is 0.716. The molecule has 0 spiro atoms. The number of carbonyl (C=O) groups excluding carboxylic acids is 1. The van der Waals surface area contributed by atoms with E-state index in [1.165, 1.54) is 5.56 Å². The number of amides is 1. The van der Waals surface area contributed by atoms with Crippen molar-refractivity contribution in [2.75, 3.05) is 11.9 Å². The number of anilines is 1. The standard InChI is InChI=1S/C19H20N4OS/c24-18(10-15-7-9-25-13-15)20-19-16-11-23(12-17(16)21-22-19)8-6-14-4-2-1-3-5-14/h1-5,7,9,13H,6,8,10-12H2,(H2,20,21,22,24). The molecule has 2 N–H and O–H groups in total. The molecule has 25 heavy (non-hydrogen) atoms. The summed E-state index contributed by atoms with van der Waals surface area (Å²) in [5, 5.41) is 14.3. The van der Waals surface area contributed by atoms with Crippen molar-refractivity contribution in [1.82, 2.24) is 15.1 Å². The van der Waals surface area contributed by atoms with Gasteiger partial charge in [-0.3, -0.25) is 14.8 Å². The number of hydrogen-bond donors (Lipinski definition) is 2. The molecule has 6 heteroatoms. The highest BCUT2D eigenvalue weighted by molar-refractivity contribution is 7.08. The third-order valence-corrected chi connectivity index (χ3v) is 5.21. The van der Waals surface area contributed by atoms with E-state index in [4.69, 9.17) is 0 Å². The molecule has 2 aromatic heterocycles. The van der Waals surface area contributed by atoms with E-state index in [0.29, 0.717) is 12.2 Å². The van der Waals surface area contributed by atoms with Crippen molar-refractivity contribution in [1.29, 1.82) is 0 Å². The van der Waals surface area contributed by atoms with Crippen LogP contribution in [0.4, 0.5) is 5.82 Å². The molecule has 1 aliphatic rings. The Labute approximate surface area is 150 Å². The van der Waals surface area contributed by atoms with Crippen LogP contribution >= 0.6 is 11.3 Å². The maximum atomic E-state index is 12.2. The second kappa shape index (κ2) is 7.21. The zero-order valence-electron chi connectivity index (χ0n) is 13.9.